The van der Waals surface area contributed by atoms with Crippen molar-refractivity contribution in [1.29, 1.82) is 0 Å². The zero-order chi connectivity index (χ0) is 17.2. The van der Waals surface area contributed by atoms with E-state index in [-0.39, 0.29) is 11.9 Å². The second-order valence-electron chi connectivity index (χ2n) is 5.88. The van der Waals surface area contributed by atoms with Crippen LogP contribution in [0.2, 0.25) is 0 Å². The summed E-state index contributed by atoms with van der Waals surface area (Å²) in [6.07, 6.45) is 5.26. The van der Waals surface area contributed by atoms with Gasteiger partial charge in [0.15, 0.2) is 0 Å². The Morgan fingerprint density at radius 3 is 2.88 bits per heavy atom. The molecule has 0 aliphatic carbocycles. The standard InChI is InChI=1S/C17H16BrFN4O2/c18-14-2-1-12(19)9-15(14)24-13-4-7-23(8-5-13)17-21-16(25-22-17)11-3-6-20-10-11/h1-3,6,9-10,13,20H,4-5,7-8H2. The van der Waals surface area contributed by atoms with E-state index in [0.29, 0.717) is 17.6 Å². The van der Waals surface area contributed by atoms with Gasteiger partial charge >= 0.3 is 0 Å². The van der Waals surface area contributed by atoms with Gasteiger partial charge in [0, 0.05) is 44.4 Å². The number of anilines is 1. The summed E-state index contributed by atoms with van der Waals surface area (Å²) in [5.74, 6) is 1.31. The third kappa shape index (κ3) is 3.53. The van der Waals surface area contributed by atoms with Crippen LogP contribution >= 0.6 is 15.9 Å². The zero-order valence-electron chi connectivity index (χ0n) is 13.3. The molecule has 3 heterocycles. The molecule has 130 valence electrons. The molecule has 0 unspecified atom stereocenters. The molecular weight excluding hydrogens is 391 g/mol. The van der Waals surface area contributed by atoms with Crippen LogP contribution in [0.5, 0.6) is 5.75 Å². The minimum absolute atomic E-state index is 0.0328. The fourth-order valence-electron chi connectivity index (χ4n) is 2.84. The molecule has 1 N–H and O–H groups in total. The first-order valence-electron chi connectivity index (χ1n) is 8.02. The zero-order valence-corrected chi connectivity index (χ0v) is 14.9. The molecule has 1 aromatic carbocycles. The van der Waals surface area contributed by atoms with E-state index in [2.05, 4.69) is 36.0 Å². The Labute approximate surface area is 152 Å². The number of benzene rings is 1. The van der Waals surface area contributed by atoms with Crippen molar-refractivity contribution in [2.75, 3.05) is 18.0 Å². The van der Waals surface area contributed by atoms with E-state index in [4.69, 9.17) is 9.26 Å². The Kier molecular flexibility index (Phi) is 4.44. The van der Waals surface area contributed by atoms with E-state index >= 15 is 0 Å². The van der Waals surface area contributed by atoms with Crippen LogP contribution < -0.4 is 9.64 Å². The van der Waals surface area contributed by atoms with Crippen molar-refractivity contribution in [2.24, 2.45) is 0 Å². The summed E-state index contributed by atoms with van der Waals surface area (Å²) in [5, 5.41) is 4.06. The number of aromatic amines is 1. The average molecular weight is 407 g/mol. The third-order valence-electron chi connectivity index (χ3n) is 4.17. The Morgan fingerprint density at radius 1 is 1.28 bits per heavy atom. The monoisotopic (exact) mass is 406 g/mol. The summed E-state index contributed by atoms with van der Waals surface area (Å²) < 4.78 is 25.4. The van der Waals surface area contributed by atoms with Crippen LogP contribution in [0.15, 0.2) is 45.7 Å². The van der Waals surface area contributed by atoms with Crippen molar-refractivity contribution in [1.82, 2.24) is 15.1 Å². The molecule has 1 aliphatic heterocycles. The first-order valence-corrected chi connectivity index (χ1v) is 8.82. The molecule has 3 aromatic rings. The maximum absolute atomic E-state index is 13.4. The lowest BCUT2D eigenvalue weighted by Gasteiger charge is -2.31. The molecule has 6 nitrogen and oxygen atoms in total. The second-order valence-corrected chi connectivity index (χ2v) is 6.73. The van der Waals surface area contributed by atoms with Crippen LogP contribution in [-0.2, 0) is 0 Å². The van der Waals surface area contributed by atoms with Crippen molar-refractivity contribution < 1.29 is 13.7 Å². The number of H-pyrrole nitrogens is 1. The number of hydrogen-bond acceptors (Lipinski definition) is 5. The van der Waals surface area contributed by atoms with E-state index < -0.39 is 0 Å². The Morgan fingerprint density at radius 2 is 2.12 bits per heavy atom. The number of hydrogen-bond donors (Lipinski definition) is 1. The largest absolute Gasteiger partial charge is 0.489 e. The highest BCUT2D eigenvalue weighted by Crippen LogP contribution is 2.29. The second kappa shape index (κ2) is 6.87. The van der Waals surface area contributed by atoms with Crippen LogP contribution in [-0.4, -0.2) is 34.3 Å². The van der Waals surface area contributed by atoms with Gasteiger partial charge in [-0.1, -0.05) is 0 Å². The molecule has 0 bridgehead atoms. The van der Waals surface area contributed by atoms with E-state index in [1.807, 2.05) is 18.5 Å². The molecule has 0 radical (unpaired) electrons. The quantitative estimate of drug-likeness (QED) is 0.708. The molecule has 0 amide bonds. The van der Waals surface area contributed by atoms with Crippen LogP contribution in [0.25, 0.3) is 11.5 Å². The number of nitrogens with one attached hydrogen (secondary N) is 1. The first kappa shape index (κ1) is 16.1. The minimum atomic E-state index is -0.306. The van der Waals surface area contributed by atoms with Gasteiger partial charge < -0.3 is 19.1 Å². The van der Waals surface area contributed by atoms with E-state index in [1.54, 1.807) is 6.07 Å². The van der Waals surface area contributed by atoms with Gasteiger partial charge in [-0.05, 0) is 39.3 Å². The van der Waals surface area contributed by atoms with Gasteiger partial charge in [0.2, 0.25) is 0 Å². The smallest absolute Gasteiger partial charge is 0.266 e. The lowest BCUT2D eigenvalue weighted by atomic mass is 10.1. The van der Waals surface area contributed by atoms with E-state index in [0.717, 1.165) is 36.0 Å². The predicted molar refractivity (Wildman–Crippen MR) is 94.0 cm³/mol. The van der Waals surface area contributed by atoms with Crippen LogP contribution in [0, 0.1) is 5.82 Å². The molecule has 8 heteroatoms. The number of nitrogens with zero attached hydrogens (tertiary/aromatic N) is 3. The van der Waals surface area contributed by atoms with Gasteiger partial charge in [0.25, 0.3) is 11.8 Å². The molecule has 4 rings (SSSR count). The van der Waals surface area contributed by atoms with Crippen molar-refractivity contribution in [3.05, 3.63) is 46.9 Å². The highest BCUT2D eigenvalue weighted by atomic mass is 79.9. The fourth-order valence-corrected chi connectivity index (χ4v) is 3.18. The Hall–Kier alpha value is -2.35. The molecule has 0 atom stereocenters. The Balaban J connectivity index is 1.38. The SMILES string of the molecule is Fc1ccc(Br)c(OC2CCN(c3noc(-c4cc[nH]c4)n3)CC2)c1. The summed E-state index contributed by atoms with van der Waals surface area (Å²) in [5.41, 5.74) is 0.868. The van der Waals surface area contributed by atoms with Crippen molar-refractivity contribution in [3.63, 3.8) is 0 Å². The number of halogens is 2. The molecule has 1 saturated heterocycles. The van der Waals surface area contributed by atoms with Gasteiger partial charge in [0.05, 0.1) is 10.0 Å². The number of aromatic nitrogens is 3. The van der Waals surface area contributed by atoms with Gasteiger partial charge in [-0.25, -0.2) is 4.39 Å². The number of ether oxygens (including phenoxy) is 1. The predicted octanol–water partition coefficient (Wildman–Crippen LogP) is 4.01. The van der Waals surface area contributed by atoms with Crippen LogP contribution in [0.1, 0.15) is 12.8 Å². The highest BCUT2D eigenvalue weighted by molar-refractivity contribution is 9.10. The molecule has 1 fully saturated rings. The van der Waals surface area contributed by atoms with E-state index in [9.17, 15) is 4.39 Å². The van der Waals surface area contributed by atoms with Crippen molar-refractivity contribution in [2.45, 2.75) is 18.9 Å². The summed E-state index contributed by atoms with van der Waals surface area (Å²) in [6, 6.07) is 6.34. The first-order chi connectivity index (χ1) is 12.2. The van der Waals surface area contributed by atoms with E-state index in [1.165, 1.54) is 12.1 Å². The van der Waals surface area contributed by atoms with Gasteiger partial charge in [-0.15, -0.1) is 0 Å². The van der Waals surface area contributed by atoms with Crippen molar-refractivity contribution >= 4 is 21.9 Å². The maximum atomic E-state index is 13.4. The Bertz CT molecular complexity index is 844. The van der Waals surface area contributed by atoms with Gasteiger partial charge in [-0.2, -0.15) is 4.98 Å². The number of rotatable bonds is 4. The number of piperidine rings is 1. The molecule has 0 spiro atoms. The van der Waals surface area contributed by atoms with Crippen LogP contribution in [0.3, 0.4) is 0 Å². The van der Waals surface area contributed by atoms with Crippen molar-refractivity contribution in [3.8, 4) is 17.2 Å². The van der Waals surface area contributed by atoms with Crippen LogP contribution in [0.4, 0.5) is 10.3 Å². The fraction of sp³-hybridized carbons (Fsp3) is 0.294. The molecule has 2 aromatic heterocycles. The molecule has 1 aliphatic rings. The lowest BCUT2D eigenvalue weighted by molar-refractivity contribution is 0.168. The van der Waals surface area contributed by atoms with Gasteiger partial charge in [-0.3, -0.25) is 0 Å². The minimum Gasteiger partial charge on any atom is -0.489 e. The molecule has 0 saturated carbocycles. The average Bonchev–Trinajstić information content (AvgIpc) is 3.30. The normalized spacial score (nSPS) is 15.5. The maximum Gasteiger partial charge on any atom is 0.266 e. The molecule has 25 heavy (non-hydrogen) atoms. The lowest BCUT2D eigenvalue weighted by Crippen LogP contribution is -2.38. The summed E-state index contributed by atoms with van der Waals surface area (Å²) in [6.45, 7) is 1.51. The summed E-state index contributed by atoms with van der Waals surface area (Å²) in [7, 11) is 0. The molecular formula is C17H16BrFN4O2. The highest BCUT2D eigenvalue weighted by Gasteiger charge is 2.24. The summed E-state index contributed by atoms with van der Waals surface area (Å²) in [4.78, 5) is 9.48. The third-order valence-corrected chi connectivity index (χ3v) is 4.83. The van der Waals surface area contributed by atoms with Gasteiger partial charge in [0.1, 0.15) is 17.7 Å². The summed E-state index contributed by atoms with van der Waals surface area (Å²) >= 11 is 3.39. The topological polar surface area (TPSA) is 67.2 Å².